The van der Waals surface area contributed by atoms with E-state index in [4.69, 9.17) is 9.47 Å². The molecule has 0 aromatic heterocycles. The van der Waals surface area contributed by atoms with Crippen LogP contribution in [0.25, 0.3) is 11.1 Å². The molecule has 1 saturated carbocycles. The summed E-state index contributed by atoms with van der Waals surface area (Å²) in [5.74, 6) is 0.893. The van der Waals surface area contributed by atoms with Crippen LogP contribution in [-0.4, -0.2) is 27.5 Å². The van der Waals surface area contributed by atoms with E-state index in [1.807, 2.05) is 0 Å². The molecule has 1 aliphatic rings. The number of benzene rings is 4. The highest BCUT2D eigenvalue weighted by Gasteiger charge is 2.27. The summed E-state index contributed by atoms with van der Waals surface area (Å²) in [6.45, 7) is 0. The second kappa shape index (κ2) is 11.3. The van der Waals surface area contributed by atoms with Crippen LogP contribution in [0.1, 0.15) is 18.4 Å². The lowest BCUT2D eigenvalue weighted by Crippen LogP contribution is -2.25. The predicted octanol–water partition coefficient (Wildman–Crippen LogP) is 5.92. The Balaban J connectivity index is 1.34. The van der Waals surface area contributed by atoms with Crippen LogP contribution in [0.5, 0.6) is 17.2 Å². The molecule has 4 aromatic rings. The van der Waals surface area contributed by atoms with Gasteiger partial charge in [0.25, 0.3) is 0 Å². The fraction of sp³-hybridized carbons (Fsp3) is 0.167. The van der Waals surface area contributed by atoms with Crippen LogP contribution in [0.15, 0.2) is 95.9 Å². The zero-order chi connectivity index (χ0) is 27.4. The van der Waals surface area contributed by atoms with Crippen molar-refractivity contribution < 1.29 is 27.1 Å². The maximum Gasteiger partial charge on any atom is 0.240 e. The van der Waals surface area contributed by atoms with Crippen LogP contribution in [0, 0.1) is 5.82 Å². The molecule has 0 aliphatic heterocycles. The van der Waals surface area contributed by atoms with Gasteiger partial charge in [-0.1, -0.05) is 30.3 Å². The van der Waals surface area contributed by atoms with E-state index in [0.29, 0.717) is 39.6 Å². The molecule has 1 amide bonds. The molecule has 1 fully saturated rings. The number of amides is 1. The van der Waals surface area contributed by atoms with Crippen molar-refractivity contribution in [2.75, 3.05) is 12.4 Å². The Morgan fingerprint density at radius 3 is 2.38 bits per heavy atom. The Kier molecular flexibility index (Phi) is 7.63. The summed E-state index contributed by atoms with van der Waals surface area (Å²) in [5, 5.41) is 2.86. The molecule has 0 radical (unpaired) electrons. The highest BCUT2D eigenvalue weighted by atomic mass is 32.2. The topological polar surface area (TPSA) is 93.7 Å². The number of sulfonamides is 1. The van der Waals surface area contributed by atoms with Gasteiger partial charge in [0.1, 0.15) is 23.1 Å². The predicted molar refractivity (Wildman–Crippen MR) is 147 cm³/mol. The zero-order valence-corrected chi connectivity index (χ0v) is 22.0. The van der Waals surface area contributed by atoms with E-state index >= 15 is 0 Å². The van der Waals surface area contributed by atoms with Crippen molar-refractivity contribution in [2.24, 2.45) is 0 Å². The van der Waals surface area contributed by atoms with E-state index in [9.17, 15) is 17.6 Å². The minimum atomic E-state index is -3.55. The molecule has 0 saturated heterocycles. The monoisotopic (exact) mass is 546 g/mol. The lowest BCUT2D eigenvalue weighted by molar-refractivity contribution is -0.115. The van der Waals surface area contributed by atoms with E-state index in [-0.39, 0.29) is 29.1 Å². The molecule has 1 aliphatic carbocycles. The summed E-state index contributed by atoms with van der Waals surface area (Å²) in [6, 6.07) is 24.7. The average molecular weight is 547 g/mol. The molecule has 0 bridgehead atoms. The largest absolute Gasteiger partial charge is 0.497 e. The number of nitrogens with one attached hydrogen (secondary N) is 2. The lowest BCUT2D eigenvalue weighted by Gasteiger charge is -2.15. The van der Waals surface area contributed by atoms with Crippen molar-refractivity contribution in [2.45, 2.75) is 30.2 Å². The van der Waals surface area contributed by atoms with Crippen molar-refractivity contribution in [3.8, 4) is 28.4 Å². The second-order valence-electron chi connectivity index (χ2n) is 9.27. The second-order valence-corrected chi connectivity index (χ2v) is 11.0. The fourth-order valence-corrected chi connectivity index (χ4v) is 5.34. The molecule has 0 spiro atoms. The van der Waals surface area contributed by atoms with Crippen molar-refractivity contribution in [1.29, 1.82) is 0 Å². The van der Waals surface area contributed by atoms with Gasteiger partial charge < -0.3 is 14.8 Å². The first-order valence-electron chi connectivity index (χ1n) is 12.4. The number of anilines is 1. The summed E-state index contributed by atoms with van der Waals surface area (Å²) < 4.78 is 52.8. The third kappa shape index (κ3) is 6.81. The Bertz CT molecular complexity index is 1600. The van der Waals surface area contributed by atoms with E-state index in [1.54, 1.807) is 73.8 Å². The number of rotatable bonds is 10. The molecule has 2 N–H and O–H groups in total. The van der Waals surface area contributed by atoms with Crippen LogP contribution in [0.4, 0.5) is 10.1 Å². The molecule has 200 valence electrons. The molecule has 39 heavy (non-hydrogen) atoms. The van der Waals surface area contributed by atoms with E-state index in [2.05, 4.69) is 10.0 Å². The van der Waals surface area contributed by atoms with Gasteiger partial charge in [-0.25, -0.2) is 17.5 Å². The number of methoxy groups -OCH3 is 1. The van der Waals surface area contributed by atoms with E-state index in [0.717, 1.165) is 12.8 Å². The Labute approximate surface area is 226 Å². The van der Waals surface area contributed by atoms with Gasteiger partial charge in [-0.2, -0.15) is 0 Å². The number of carbonyl (C=O) groups is 1. The highest BCUT2D eigenvalue weighted by molar-refractivity contribution is 7.89. The zero-order valence-electron chi connectivity index (χ0n) is 21.2. The van der Waals surface area contributed by atoms with Gasteiger partial charge in [0, 0.05) is 29.4 Å². The quantitative estimate of drug-likeness (QED) is 0.258. The van der Waals surface area contributed by atoms with Gasteiger partial charge in [0.2, 0.25) is 15.9 Å². The summed E-state index contributed by atoms with van der Waals surface area (Å²) >= 11 is 0. The molecule has 0 atom stereocenters. The molecule has 7 nitrogen and oxygen atoms in total. The summed E-state index contributed by atoms with van der Waals surface area (Å²) in [7, 11) is -1.99. The number of halogens is 1. The first-order chi connectivity index (χ1) is 18.8. The third-order valence-electron chi connectivity index (χ3n) is 6.17. The first-order valence-corrected chi connectivity index (χ1v) is 13.9. The SMILES string of the molecule is COc1cccc(Oc2cc(NC(=O)Cc3ccc(S(=O)(=O)NC4CC4)cc3)ccc2-c2cccc(F)c2)c1. The van der Waals surface area contributed by atoms with Gasteiger partial charge in [-0.05, 0) is 72.5 Å². The van der Waals surface area contributed by atoms with Crippen molar-refractivity contribution in [1.82, 2.24) is 4.72 Å². The van der Waals surface area contributed by atoms with E-state index < -0.39 is 10.0 Å². The molecular formula is C30H27FN2O5S. The average Bonchev–Trinajstić information content (AvgIpc) is 3.72. The third-order valence-corrected chi connectivity index (χ3v) is 7.70. The smallest absolute Gasteiger partial charge is 0.240 e. The fourth-order valence-electron chi connectivity index (χ4n) is 4.04. The maximum absolute atomic E-state index is 14.0. The molecule has 0 heterocycles. The first kappa shape index (κ1) is 26.4. The van der Waals surface area contributed by atoms with Gasteiger partial charge in [-0.3, -0.25) is 4.79 Å². The normalized spacial score (nSPS) is 13.1. The van der Waals surface area contributed by atoms with E-state index in [1.165, 1.54) is 24.3 Å². The number of carbonyl (C=O) groups excluding carboxylic acids is 1. The van der Waals surface area contributed by atoms with Crippen molar-refractivity contribution >= 4 is 21.6 Å². The Morgan fingerprint density at radius 2 is 1.67 bits per heavy atom. The maximum atomic E-state index is 14.0. The van der Waals surface area contributed by atoms with Crippen LogP contribution in [0.2, 0.25) is 0 Å². The minimum absolute atomic E-state index is 0.0190. The van der Waals surface area contributed by atoms with Gasteiger partial charge in [0.15, 0.2) is 0 Å². The molecule has 5 rings (SSSR count). The highest BCUT2D eigenvalue weighted by Crippen LogP contribution is 2.37. The van der Waals surface area contributed by atoms with Gasteiger partial charge in [0.05, 0.1) is 18.4 Å². The number of hydrogen-bond donors (Lipinski definition) is 2. The standard InChI is InChI=1S/C30H27FN2O5S/c1-37-25-6-3-7-26(19-25)38-29-18-24(12-15-28(29)21-4-2-5-22(31)17-21)32-30(34)16-20-8-13-27(14-9-20)39(35,36)33-23-10-11-23/h2-9,12-15,17-19,23,33H,10-11,16H2,1H3,(H,32,34). The van der Waals surface area contributed by atoms with Crippen molar-refractivity contribution in [3.63, 3.8) is 0 Å². The summed E-state index contributed by atoms with van der Waals surface area (Å²) in [4.78, 5) is 13.0. The van der Waals surface area contributed by atoms with Gasteiger partial charge >= 0.3 is 0 Å². The number of hydrogen-bond acceptors (Lipinski definition) is 5. The van der Waals surface area contributed by atoms with Gasteiger partial charge in [-0.15, -0.1) is 0 Å². The molecule has 9 heteroatoms. The molecular weight excluding hydrogens is 519 g/mol. The minimum Gasteiger partial charge on any atom is -0.497 e. The Morgan fingerprint density at radius 1 is 0.923 bits per heavy atom. The summed E-state index contributed by atoms with van der Waals surface area (Å²) in [5.41, 5.74) is 2.43. The Hall–Kier alpha value is -4.21. The summed E-state index contributed by atoms with van der Waals surface area (Å²) in [6.07, 6.45) is 1.76. The van der Waals surface area contributed by atoms with Crippen molar-refractivity contribution in [3.05, 3.63) is 102 Å². The molecule has 4 aromatic carbocycles. The molecule has 0 unspecified atom stereocenters. The number of ether oxygens (including phenoxy) is 2. The van der Waals surface area contributed by atoms with Crippen LogP contribution in [-0.2, 0) is 21.2 Å². The van der Waals surface area contributed by atoms with Crippen LogP contribution in [0.3, 0.4) is 0 Å². The van der Waals surface area contributed by atoms with Crippen LogP contribution >= 0.6 is 0 Å². The lowest BCUT2D eigenvalue weighted by atomic mass is 10.0. The van der Waals surface area contributed by atoms with Crippen LogP contribution < -0.4 is 19.5 Å².